The van der Waals surface area contributed by atoms with Crippen LogP contribution in [0.1, 0.15) is 39.0 Å². The minimum atomic E-state index is -0.871. The highest BCUT2D eigenvalue weighted by molar-refractivity contribution is 5.94. The van der Waals surface area contributed by atoms with Crippen molar-refractivity contribution >= 4 is 17.9 Å². The Hall–Kier alpha value is -1.63. The van der Waals surface area contributed by atoms with Crippen molar-refractivity contribution in [3.05, 3.63) is 0 Å². The molecule has 122 valence electrons. The Labute approximate surface area is 126 Å². The lowest BCUT2D eigenvalue weighted by molar-refractivity contribution is -0.137. The van der Waals surface area contributed by atoms with Crippen LogP contribution in [0.3, 0.4) is 0 Å². The number of rotatable bonds is 10. The minimum absolute atomic E-state index is 0.0485. The average molecular weight is 301 g/mol. The van der Waals surface area contributed by atoms with E-state index in [-0.39, 0.29) is 24.8 Å². The van der Waals surface area contributed by atoms with Crippen molar-refractivity contribution in [2.24, 2.45) is 0 Å². The molecule has 0 aromatic carbocycles. The lowest BCUT2D eigenvalue weighted by Gasteiger charge is -2.21. The highest BCUT2D eigenvalue weighted by Gasteiger charge is 2.14. The van der Waals surface area contributed by atoms with Crippen LogP contribution < -0.4 is 5.32 Å². The van der Waals surface area contributed by atoms with Gasteiger partial charge in [-0.25, -0.2) is 4.79 Å². The summed E-state index contributed by atoms with van der Waals surface area (Å²) < 4.78 is 0. The molecule has 0 fully saturated rings. The molecule has 2 N–H and O–H groups in total. The van der Waals surface area contributed by atoms with Crippen molar-refractivity contribution in [1.29, 1.82) is 0 Å². The fourth-order valence-corrected chi connectivity index (χ4v) is 1.80. The van der Waals surface area contributed by atoms with Crippen molar-refractivity contribution in [2.75, 3.05) is 33.7 Å². The third-order valence-electron chi connectivity index (χ3n) is 2.99. The van der Waals surface area contributed by atoms with Crippen LogP contribution in [0.2, 0.25) is 0 Å². The number of aliphatic carboxylic acids is 1. The maximum Gasteiger partial charge on any atom is 0.324 e. The first-order valence-corrected chi connectivity index (χ1v) is 7.32. The summed E-state index contributed by atoms with van der Waals surface area (Å²) in [7, 11) is 3.94. The number of unbranched alkanes of at least 4 members (excludes halogenated alkanes) is 1. The quantitative estimate of drug-likeness (QED) is 0.591. The number of hydrogen-bond acceptors (Lipinski definition) is 4. The van der Waals surface area contributed by atoms with Crippen LogP contribution >= 0.6 is 0 Å². The Bertz CT molecular complexity index is 345. The third kappa shape index (κ3) is 10.8. The van der Waals surface area contributed by atoms with Crippen LogP contribution in [0.25, 0.3) is 0 Å². The summed E-state index contributed by atoms with van der Waals surface area (Å²) in [6.07, 6.45) is 1.98. The lowest BCUT2D eigenvalue weighted by atomic mass is 10.2. The summed E-state index contributed by atoms with van der Waals surface area (Å²) in [4.78, 5) is 37.4. The van der Waals surface area contributed by atoms with Crippen molar-refractivity contribution < 1.29 is 19.5 Å². The maximum absolute atomic E-state index is 11.9. The van der Waals surface area contributed by atoms with Crippen molar-refractivity contribution in [3.63, 3.8) is 0 Å². The number of urea groups is 1. The molecule has 7 nitrogen and oxygen atoms in total. The number of carboxylic acids is 1. The monoisotopic (exact) mass is 301 g/mol. The number of carbonyl (C=O) groups is 3. The first kappa shape index (κ1) is 19.4. The SMILES string of the molecule is CCN(CCCN(C)C)C(=O)NC(=O)CCCCC(=O)O. The smallest absolute Gasteiger partial charge is 0.324 e. The molecule has 0 aliphatic carbocycles. The highest BCUT2D eigenvalue weighted by Crippen LogP contribution is 2.00. The topological polar surface area (TPSA) is 90.0 Å². The molecule has 0 aliphatic rings. The zero-order chi connectivity index (χ0) is 16.3. The number of imide groups is 1. The number of nitrogens with one attached hydrogen (secondary N) is 1. The molecule has 0 aromatic heterocycles. The Morgan fingerprint density at radius 1 is 1.00 bits per heavy atom. The second-order valence-corrected chi connectivity index (χ2v) is 5.19. The van der Waals surface area contributed by atoms with Gasteiger partial charge in [0.2, 0.25) is 5.91 Å². The van der Waals surface area contributed by atoms with E-state index in [4.69, 9.17) is 5.11 Å². The Morgan fingerprint density at radius 2 is 1.62 bits per heavy atom. The van der Waals surface area contributed by atoms with Gasteiger partial charge in [0.25, 0.3) is 0 Å². The number of hydrogen-bond donors (Lipinski definition) is 2. The van der Waals surface area contributed by atoms with Gasteiger partial charge in [-0.15, -0.1) is 0 Å². The van der Waals surface area contributed by atoms with Gasteiger partial charge in [0, 0.05) is 25.9 Å². The molecular weight excluding hydrogens is 274 g/mol. The van der Waals surface area contributed by atoms with E-state index in [9.17, 15) is 14.4 Å². The van der Waals surface area contributed by atoms with E-state index in [1.54, 1.807) is 4.90 Å². The van der Waals surface area contributed by atoms with Gasteiger partial charge in [-0.05, 0) is 46.8 Å². The lowest BCUT2D eigenvalue weighted by Crippen LogP contribution is -2.43. The highest BCUT2D eigenvalue weighted by atomic mass is 16.4. The third-order valence-corrected chi connectivity index (χ3v) is 2.99. The zero-order valence-corrected chi connectivity index (χ0v) is 13.2. The molecule has 0 atom stereocenters. The van der Waals surface area contributed by atoms with Crippen LogP contribution in [-0.4, -0.2) is 66.5 Å². The maximum atomic E-state index is 11.9. The van der Waals surface area contributed by atoms with Gasteiger partial charge in [-0.2, -0.15) is 0 Å². The van der Waals surface area contributed by atoms with Gasteiger partial charge >= 0.3 is 12.0 Å². The van der Waals surface area contributed by atoms with E-state index in [1.807, 2.05) is 25.9 Å². The summed E-state index contributed by atoms with van der Waals surface area (Å²) >= 11 is 0. The minimum Gasteiger partial charge on any atom is -0.481 e. The van der Waals surface area contributed by atoms with Gasteiger partial charge in [0.05, 0.1) is 0 Å². The van der Waals surface area contributed by atoms with E-state index in [0.29, 0.717) is 25.9 Å². The van der Waals surface area contributed by atoms with Crippen molar-refractivity contribution in [2.45, 2.75) is 39.0 Å². The molecular formula is C14H27N3O4. The Morgan fingerprint density at radius 3 is 2.14 bits per heavy atom. The summed E-state index contributed by atoms with van der Waals surface area (Å²) in [6, 6.07) is -0.375. The molecule has 0 bridgehead atoms. The predicted molar refractivity (Wildman–Crippen MR) is 80.1 cm³/mol. The van der Waals surface area contributed by atoms with Crippen molar-refractivity contribution in [1.82, 2.24) is 15.1 Å². The van der Waals surface area contributed by atoms with Gasteiger partial charge in [-0.1, -0.05) is 0 Å². The second kappa shape index (κ2) is 11.1. The fraction of sp³-hybridized carbons (Fsp3) is 0.786. The molecule has 0 aromatic rings. The van der Waals surface area contributed by atoms with Crippen molar-refractivity contribution in [3.8, 4) is 0 Å². The summed E-state index contributed by atoms with van der Waals surface area (Å²) in [5.74, 6) is -1.22. The van der Waals surface area contributed by atoms with E-state index in [1.165, 1.54) is 0 Å². The normalized spacial score (nSPS) is 10.5. The Balaban J connectivity index is 3.95. The van der Waals surface area contributed by atoms with Gasteiger partial charge < -0.3 is 14.9 Å². The number of carbonyl (C=O) groups excluding carboxylic acids is 2. The molecule has 0 rings (SSSR count). The number of amides is 3. The summed E-state index contributed by atoms with van der Waals surface area (Å²) in [5.41, 5.74) is 0. The van der Waals surface area contributed by atoms with Gasteiger partial charge in [-0.3, -0.25) is 14.9 Å². The predicted octanol–water partition coefficient (Wildman–Crippen LogP) is 1.14. The molecule has 0 unspecified atom stereocenters. The molecule has 0 heterocycles. The molecule has 0 spiro atoms. The van der Waals surface area contributed by atoms with Crippen LogP contribution in [-0.2, 0) is 9.59 Å². The van der Waals surface area contributed by atoms with E-state index >= 15 is 0 Å². The first-order chi connectivity index (χ1) is 9.86. The Kier molecular flexibility index (Phi) is 10.2. The van der Waals surface area contributed by atoms with E-state index in [0.717, 1.165) is 13.0 Å². The molecule has 3 amide bonds. The summed E-state index contributed by atoms with van der Waals surface area (Å²) in [6.45, 7) is 3.90. The molecule has 0 aliphatic heterocycles. The van der Waals surface area contributed by atoms with Crippen LogP contribution in [0.4, 0.5) is 4.79 Å². The summed E-state index contributed by atoms with van der Waals surface area (Å²) in [5, 5.41) is 10.8. The van der Waals surface area contributed by atoms with Gasteiger partial charge in [0.1, 0.15) is 0 Å². The molecule has 0 saturated carbocycles. The second-order valence-electron chi connectivity index (χ2n) is 5.19. The fourth-order valence-electron chi connectivity index (χ4n) is 1.80. The van der Waals surface area contributed by atoms with Gasteiger partial charge in [0.15, 0.2) is 0 Å². The van der Waals surface area contributed by atoms with Crippen LogP contribution in [0.5, 0.6) is 0 Å². The molecule has 7 heteroatoms. The van der Waals surface area contributed by atoms with Crippen LogP contribution in [0.15, 0.2) is 0 Å². The standard InChI is InChI=1S/C14H27N3O4/c1-4-17(11-7-10-16(2)3)14(21)15-12(18)8-5-6-9-13(19)20/h4-11H2,1-3H3,(H,19,20)(H,15,18,21). The number of carboxylic acid groups (broad SMARTS) is 1. The molecule has 0 radical (unpaired) electrons. The van der Waals surface area contributed by atoms with E-state index < -0.39 is 5.97 Å². The molecule has 21 heavy (non-hydrogen) atoms. The first-order valence-electron chi connectivity index (χ1n) is 7.32. The van der Waals surface area contributed by atoms with Crippen LogP contribution in [0, 0.1) is 0 Å². The average Bonchev–Trinajstić information content (AvgIpc) is 2.39. The largest absolute Gasteiger partial charge is 0.481 e. The number of nitrogens with zero attached hydrogens (tertiary/aromatic N) is 2. The zero-order valence-electron chi connectivity index (χ0n) is 13.2. The van der Waals surface area contributed by atoms with E-state index in [2.05, 4.69) is 5.32 Å². The molecule has 0 saturated heterocycles.